The molecule has 0 unspecified atom stereocenters. The molecule has 4 atom stereocenters. The molecule has 39 heavy (non-hydrogen) atoms. The van der Waals surface area contributed by atoms with Gasteiger partial charge in [0.05, 0.1) is 36.8 Å². The molecule has 0 saturated carbocycles. The van der Waals surface area contributed by atoms with E-state index in [0.717, 1.165) is 28.5 Å². The Labute approximate surface area is 237 Å². The number of fused-ring (bicyclic) bond motifs is 1. The largest absolute Gasteiger partial charge is 0.507 e. The number of imide groups is 1. The fourth-order valence-electron chi connectivity index (χ4n) is 6.03. The van der Waals surface area contributed by atoms with Gasteiger partial charge < -0.3 is 20.1 Å². The number of aliphatic hydroxyl groups excluding tert-OH is 2. The Morgan fingerprint density at radius 1 is 1.15 bits per heavy atom. The molecule has 0 radical (unpaired) electrons. The topological polar surface area (TPSA) is 107 Å². The van der Waals surface area contributed by atoms with E-state index in [9.17, 15) is 24.9 Å². The molecule has 3 N–H and O–H groups in total. The van der Waals surface area contributed by atoms with Crippen LogP contribution in [0.5, 0.6) is 5.75 Å². The van der Waals surface area contributed by atoms with Gasteiger partial charge in [-0.25, -0.2) is 0 Å². The molecule has 1 heterocycles. The standard InChI is InChI=1S/C31H36BrNO6/c1-3-7-19(14-20-15-22(32)11-13-26(20)35)10-12-27(36)28-21(18-39-2)16-24-29(25(28)17-34)31(38)33(30(24)37)23-8-5-4-6-9-23/h4-6,8-9,11,13-15,24-25,27,29,34-36H,3,7,10,12,16-18H2,1-2H3/b19-14+/t24-,25+,27-,29-/m1/s1. The maximum atomic E-state index is 13.6. The van der Waals surface area contributed by atoms with Crippen molar-refractivity contribution in [2.75, 3.05) is 25.2 Å². The van der Waals surface area contributed by atoms with Gasteiger partial charge in [-0.1, -0.05) is 59.1 Å². The van der Waals surface area contributed by atoms with E-state index >= 15 is 0 Å². The lowest BCUT2D eigenvalue weighted by molar-refractivity contribution is -0.123. The van der Waals surface area contributed by atoms with Crippen molar-refractivity contribution in [1.82, 2.24) is 0 Å². The van der Waals surface area contributed by atoms with Gasteiger partial charge in [-0.3, -0.25) is 14.5 Å². The van der Waals surface area contributed by atoms with E-state index < -0.39 is 23.9 Å². The quantitative estimate of drug-likeness (QED) is 0.241. The van der Waals surface area contributed by atoms with Crippen LogP contribution in [-0.2, 0) is 14.3 Å². The summed E-state index contributed by atoms with van der Waals surface area (Å²) < 4.78 is 6.30. The number of hydrogen-bond acceptors (Lipinski definition) is 6. The molecule has 0 spiro atoms. The zero-order chi connectivity index (χ0) is 28.1. The van der Waals surface area contributed by atoms with Crippen molar-refractivity contribution in [3.63, 3.8) is 0 Å². The van der Waals surface area contributed by atoms with E-state index in [1.807, 2.05) is 18.2 Å². The minimum absolute atomic E-state index is 0.184. The average molecular weight is 599 g/mol. The molecule has 2 aromatic rings. The maximum absolute atomic E-state index is 13.6. The number of hydrogen-bond donors (Lipinski definition) is 3. The number of aromatic hydroxyl groups is 1. The van der Waals surface area contributed by atoms with Gasteiger partial charge in [-0.2, -0.15) is 0 Å². The Kier molecular flexibility index (Phi) is 9.77. The number of carbonyl (C=O) groups excluding carboxylic acids is 2. The highest BCUT2D eigenvalue weighted by atomic mass is 79.9. The van der Waals surface area contributed by atoms with Gasteiger partial charge in [0.25, 0.3) is 0 Å². The molecule has 1 fully saturated rings. The predicted octanol–water partition coefficient (Wildman–Crippen LogP) is 5.24. The first-order valence-corrected chi connectivity index (χ1v) is 14.2. The van der Waals surface area contributed by atoms with Crippen molar-refractivity contribution in [2.24, 2.45) is 17.8 Å². The molecule has 0 aromatic heterocycles. The highest BCUT2D eigenvalue weighted by Crippen LogP contribution is 2.47. The molecule has 4 rings (SSSR count). The number of halogens is 1. The van der Waals surface area contributed by atoms with Crippen LogP contribution < -0.4 is 4.90 Å². The van der Waals surface area contributed by atoms with Crippen LogP contribution in [0.2, 0.25) is 0 Å². The number of ether oxygens (including phenoxy) is 1. The van der Waals surface area contributed by atoms with Crippen LogP contribution in [0.1, 0.15) is 44.6 Å². The van der Waals surface area contributed by atoms with Crippen molar-refractivity contribution in [2.45, 2.75) is 45.1 Å². The van der Waals surface area contributed by atoms with Gasteiger partial charge in [0, 0.05) is 23.1 Å². The predicted molar refractivity (Wildman–Crippen MR) is 154 cm³/mol. The molecule has 0 bridgehead atoms. The van der Waals surface area contributed by atoms with E-state index in [4.69, 9.17) is 4.74 Å². The second kappa shape index (κ2) is 13.0. The molecule has 1 aliphatic heterocycles. The van der Waals surface area contributed by atoms with Gasteiger partial charge >= 0.3 is 0 Å². The summed E-state index contributed by atoms with van der Waals surface area (Å²) in [7, 11) is 1.56. The number of carbonyl (C=O) groups is 2. The fraction of sp³-hybridized carbons (Fsp3) is 0.419. The average Bonchev–Trinajstić information content (AvgIpc) is 3.18. The summed E-state index contributed by atoms with van der Waals surface area (Å²) in [6.07, 6.45) is 4.00. The molecule has 2 aromatic carbocycles. The number of phenols is 1. The molecule has 1 saturated heterocycles. The molecule has 208 valence electrons. The Balaban J connectivity index is 1.61. The normalized spacial score (nSPS) is 22.4. The number of benzene rings is 2. The first-order chi connectivity index (χ1) is 18.8. The molecular formula is C31H36BrNO6. The van der Waals surface area contributed by atoms with Gasteiger partial charge in [-0.15, -0.1) is 0 Å². The highest BCUT2D eigenvalue weighted by molar-refractivity contribution is 9.10. The van der Waals surface area contributed by atoms with Gasteiger partial charge in [0.2, 0.25) is 11.8 Å². The number of nitrogens with zero attached hydrogens (tertiary/aromatic N) is 1. The number of aliphatic hydroxyl groups is 2. The van der Waals surface area contributed by atoms with Crippen molar-refractivity contribution < 1.29 is 29.6 Å². The molecule has 7 nitrogen and oxygen atoms in total. The molecular weight excluding hydrogens is 562 g/mol. The Morgan fingerprint density at radius 2 is 1.90 bits per heavy atom. The summed E-state index contributed by atoms with van der Waals surface area (Å²) in [6, 6.07) is 14.1. The lowest BCUT2D eigenvalue weighted by Crippen LogP contribution is -2.39. The van der Waals surface area contributed by atoms with Crippen LogP contribution in [0, 0.1) is 17.8 Å². The zero-order valence-corrected chi connectivity index (χ0v) is 23.9. The molecule has 2 aliphatic rings. The summed E-state index contributed by atoms with van der Waals surface area (Å²) in [6.45, 7) is 1.93. The fourth-order valence-corrected chi connectivity index (χ4v) is 6.41. The van der Waals surface area contributed by atoms with Gasteiger partial charge in [0.1, 0.15) is 5.75 Å². The summed E-state index contributed by atoms with van der Waals surface area (Å²) in [4.78, 5) is 28.2. The number of allylic oxidation sites excluding steroid dienone is 1. The third-order valence-corrected chi connectivity index (χ3v) is 8.23. The van der Waals surface area contributed by atoms with Gasteiger partial charge in [0.15, 0.2) is 0 Å². The van der Waals surface area contributed by atoms with E-state index in [1.54, 1.807) is 43.5 Å². The zero-order valence-electron chi connectivity index (χ0n) is 22.3. The minimum Gasteiger partial charge on any atom is -0.507 e. The third kappa shape index (κ3) is 6.19. The maximum Gasteiger partial charge on any atom is 0.238 e. The van der Waals surface area contributed by atoms with Crippen LogP contribution in [0.3, 0.4) is 0 Å². The van der Waals surface area contributed by atoms with Crippen LogP contribution in [-0.4, -0.2) is 53.6 Å². The van der Waals surface area contributed by atoms with Gasteiger partial charge in [-0.05, 0) is 67.2 Å². The number of methoxy groups -OCH3 is 1. The van der Waals surface area contributed by atoms with Crippen molar-refractivity contribution >= 4 is 39.5 Å². The number of anilines is 1. The lowest BCUT2D eigenvalue weighted by atomic mass is 9.68. The molecule has 2 amide bonds. The first-order valence-electron chi connectivity index (χ1n) is 13.4. The second-order valence-corrected chi connectivity index (χ2v) is 11.2. The first kappa shape index (κ1) is 29.2. The van der Waals surface area contributed by atoms with E-state index in [0.29, 0.717) is 36.1 Å². The Bertz CT molecular complexity index is 1260. The Hall–Kier alpha value is -2.78. The van der Waals surface area contributed by atoms with E-state index in [-0.39, 0.29) is 30.8 Å². The van der Waals surface area contributed by atoms with Crippen LogP contribution in [0.15, 0.2) is 69.7 Å². The molecule has 8 heteroatoms. The van der Waals surface area contributed by atoms with Crippen LogP contribution >= 0.6 is 15.9 Å². The summed E-state index contributed by atoms with van der Waals surface area (Å²) in [5.41, 5.74) is 3.67. The van der Waals surface area contributed by atoms with Crippen molar-refractivity contribution in [3.8, 4) is 5.75 Å². The second-order valence-electron chi connectivity index (χ2n) is 10.3. The number of phenolic OH excluding ortho intramolecular Hbond substituents is 1. The summed E-state index contributed by atoms with van der Waals surface area (Å²) >= 11 is 3.45. The lowest BCUT2D eigenvalue weighted by Gasteiger charge is -2.36. The SMILES string of the molecule is CCC/C(=C\c1cc(Br)ccc1O)CC[C@@H](O)C1=C(COC)C[C@H]2C(=O)N(c3ccccc3)C(=O)[C@H]2[C@H]1CO. The number of amides is 2. The smallest absolute Gasteiger partial charge is 0.238 e. The van der Waals surface area contributed by atoms with E-state index in [1.165, 1.54) is 4.90 Å². The summed E-state index contributed by atoms with van der Waals surface area (Å²) in [5, 5.41) is 32.3. The van der Waals surface area contributed by atoms with E-state index in [2.05, 4.69) is 22.9 Å². The number of para-hydroxylation sites is 1. The highest BCUT2D eigenvalue weighted by Gasteiger charge is 2.55. The van der Waals surface area contributed by atoms with Crippen molar-refractivity contribution in [3.05, 3.63) is 75.3 Å². The monoisotopic (exact) mass is 597 g/mol. The minimum atomic E-state index is -0.918. The van der Waals surface area contributed by atoms with Crippen LogP contribution in [0.25, 0.3) is 6.08 Å². The Morgan fingerprint density at radius 3 is 2.56 bits per heavy atom. The number of rotatable bonds is 11. The molecule has 1 aliphatic carbocycles. The van der Waals surface area contributed by atoms with Crippen molar-refractivity contribution in [1.29, 1.82) is 0 Å². The van der Waals surface area contributed by atoms with Crippen LogP contribution in [0.4, 0.5) is 5.69 Å². The summed E-state index contributed by atoms with van der Waals surface area (Å²) in [5.74, 6) is -2.46. The third-order valence-electron chi connectivity index (χ3n) is 7.73.